The minimum absolute atomic E-state index is 0.0470. The van der Waals surface area contributed by atoms with Crippen LogP contribution in [0.25, 0.3) is 0 Å². The van der Waals surface area contributed by atoms with Crippen molar-refractivity contribution >= 4 is 16.0 Å². The van der Waals surface area contributed by atoms with Crippen LogP contribution in [0.15, 0.2) is 0 Å². The van der Waals surface area contributed by atoms with Crippen molar-refractivity contribution in [3.63, 3.8) is 0 Å². The smallest absolute Gasteiger partial charge is 0.211 e. The molecule has 0 aliphatic rings. The lowest BCUT2D eigenvalue weighted by molar-refractivity contribution is -0.305. The first-order chi connectivity index (χ1) is 11.5. The number of sulfonamides is 1. The highest BCUT2D eigenvalue weighted by Crippen LogP contribution is 2.10. The van der Waals surface area contributed by atoms with Gasteiger partial charge in [-0.05, 0) is 25.7 Å². The molecule has 1 N–H and O–H groups in total. The molecule has 0 unspecified atom stereocenters. The van der Waals surface area contributed by atoms with Crippen LogP contribution in [0.3, 0.4) is 0 Å². The van der Waals surface area contributed by atoms with E-state index in [1.807, 2.05) is 0 Å². The summed E-state index contributed by atoms with van der Waals surface area (Å²) < 4.78 is 26.2. The molecule has 0 saturated heterocycles. The highest BCUT2D eigenvalue weighted by molar-refractivity contribution is 7.89. The molecule has 0 heterocycles. The van der Waals surface area contributed by atoms with E-state index >= 15 is 0 Å². The number of rotatable bonds is 18. The number of hydrogen-bond donors (Lipinski definition) is 1. The summed E-state index contributed by atoms with van der Waals surface area (Å²) in [7, 11) is -3.17. The number of unbranched alkanes of at least 4 members (excludes halogenated alkanes) is 11. The lowest BCUT2D eigenvalue weighted by Crippen LogP contribution is -2.27. The number of hydrogen-bond acceptors (Lipinski definition) is 4. The zero-order valence-electron chi connectivity index (χ0n) is 15.4. The van der Waals surface area contributed by atoms with Gasteiger partial charge in [0.25, 0.3) is 0 Å². The summed E-state index contributed by atoms with van der Waals surface area (Å²) in [6.45, 7) is 2.62. The largest absolute Gasteiger partial charge is 0.550 e. The summed E-state index contributed by atoms with van der Waals surface area (Å²) in [5, 5.41) is 10.2. The van der Waals surface area contributed by atoms with Crippen LogP contribution in [0.5, 0.6) is 0 Å². The maximum Gasteiger partial charge on any atom is 0.211 e. The van der Waals surface area contributed by atoms with Crippen LogP contribution in [0, 0.1) is 0 Å². The van der Waals surface area contributed by atoms with E-state index in [2.05, 4.69) is 11.6 Å². The molecule has 0 fully saturated rings. The molecular formula is C18H36NO4S-. The predicted octanol–water partition coefficient (Wildman–Crippen LogP) is 3.14. The molecule has 0 rings (SSSR count). The SMILES string of the molecule is CCCCCCCCCCCCS(=O)(=O)NCCCCCC(=O)[O-]. The van der Waals surface area contributed by atoms with Gasteiger partial charge >= 0.3 is 0 Å². The molecule has 0 aromatic rings. The van der Waals surface area contributed by atoms with Crippen LogP contribution in [0.4, 0.5) is 0 Å². The van der Waals surface area contributed by atoms with E-state index in [9.17, 15) is 18.3 Å². The molecule has 0 bridgehead atoms. The van der Waals surface area contributed by atoms with Gasteiger partial charge in [0.05, 0.1) is 5.75 Å². The summed E-state index contributed by atoms with van der Waals surface area (Å²) in [6.07, 6.45) is 13.8. The Morgan fingerprint density at radius 1 is 0.792 bits per heavy atom. The van der Waals surface area contributed by atoms with Crippen LogP contribution in [-0.4, -0.2) is 26.7 Å². The average Bonchev–Trinajstić information content (AvgIpc) is 2.52. The lowest BCUT2D eigenvalue weighted by Gasteiger charge is -2.07. The fraction of sp³-hybridized carbons (Fsp3) is 0.944. The second-order valence-electron chi connectivity index (χ2n) is 6.58. The zero-order chi connectivity index (χ0) is 18.1. The van der Waals surface area contributed by atoms with Crippen molar-refractivity contribution in [1.29, 1.82) is 0 Å². The van der Waals surface area contributed by atoms with Gasteiger partial charge in [-0.15, -0.1) is 0 Å². The highest BCUT2D eigenvalue weighted by Gasteiger charge is 2.08. The van der Waals surface area contributed by atoms with Gasteiger partial charge in [0, 0.05) is 12.5 Å². The minimum atomic E-state index is -3.17. The molecule has 0 amide bonds. The Labute approximate surface area is 148 Å². The topological polar surface area (TPSA) is 86.3 Å². The van der Waals surface area contributed by atoms with Gasteiger partial charge in [0.15, 0.2) is 0 Å². The maximum atomic E-state index is 11.8. The lowest BCUT2D eigenvalue weighted by atomic mass is 10.1. The average molecular weight is 363 g/mol. The number of aliphatic carboxylic acids is 1. The normalized spacial score (nSPS) is 11.7. The molecule has 24 heavy (non-hydrogen) atoms. The summed E-state index contributed by atoms with van der Waals surface area (Å²) in [6, 6.07) is 0. The Kier molecular flexibility index (Phi) is 15.5. The van der Waals surface area contributed by atoms with Crippen molar-refractivity contribution in [3.05, 3.63) is 0 Å². The molecule has 0 aromatic heterocycles. The second kappa shape index (κ2) is 15.9. The molecule has 0 aliphatic carbocycles. The molecule has 0 radical (unpaired) electrons. The van der Waals surface area contributed by atoms with Gasteiger partial charge in [0.2, 0.25) is 10.0 Å². The summed E-state index contributed by atoms with van der Waals surface area (Å²) in [4.78, 5) is 10.2. The first kappa shape index (κ1) is 23.4. The van der Waals surface area contributed by atoms with E-state index in [4.69, 9.17) is 0 Å². The molecule has 0 spiro atoms. The number of carboxylic acids is 1. The van der Waals surface area contributed by atoms with Gasteiger partial charge in [-0.2, -0.15) is 0 Å². The van der Waals surface area contributed by atoms with Crippen molar-refractivity contribution < 1.29 is 18.3 Å². The molecule has 0 aromatic carbocycles. The van der Waals surface area contributed by atoms with E-state index in [1.54, 1.807) is 0 Å². The van der Waals surface area contributed by atoms with Crippen LogP contribution in [-0.2, 0) is 14.8 Å². The Morgan fingerprint density at radius 3 is 1.83 bits per heavy atom. The predicted molar refractivity (Wildman–Crippen MR) is 97.1 cm³/mol. The molecule has 6 heteroatoms. The molecule has 144 valence electrons. The van der Waals surface area contributed by atoms with E-state index in [1.165, 1.54) is 44.9 Å². The Morgan fingerprint density at radius 2 is 1.29 bits per heavy atom. The van der Waals surface area contributed by atoms with E-state index in [0.29, 0.717) is 25.8 Å². The molecule has 0 saturated carbocycles. The summed E-state index contributed by atoms with van der Waals surface area (Å²) in [5.74, 6) is -0.848. The summed E-state index contributed by atoms with van der Waals surface area (Å²) >= 11 is 0. The molecule has 0 atom stereocenters. The number of carbonyl (C=O) groups is 1. The van der Waals surface area contributed by atoms with Crippen molar-refractivity contribution in [2.45, 2.75) is 96.8 Å². The fourth-order valence-electron chi connectivity index (χ4n) is 2.65. The fourth-order valence-corrected chi connectivity index (χ4v) is 3.83. The number of carboxylic acid groups (broad SMARTS) is 1. The monoisotopic (exact) mass is 362 g/mol. The van der Waals surface area contributed by atoms with E-state index < -0.39 is 16.0 Å². The van der Waals surface area contributed by atoms with Gasteiger partial charge < -0.3 is 9.90 Å². The Hall–Kier alpha value is -0.620. The van der Waals surface area contributed by atoms with Gasteiger partial charge in [-0.1, -0.05) is 71.1 Å². The third kappa shape index (κ3) is 17.7. The van der Waals surface area contributed by atoms with Crippen molar-refractivity contribution in [3.8, 4) is 0 Å². The van der Waals surface area contributed by atoms with Crippen molar-refractivity contribution in [2.24, 2.45) is 0 Å². The second-order valence-corrected chi connectivity index (χ2v) is 8.50. The van der Waals surface area contributed by atoms with Crippen molar-refractivity contribution in [1.82, 2.24) is 4.72 Å². The van der Waals surface area contributed by atoms with Gasteiger partial charge in [-0.3, -0.25) is 0 Å². The highest BCUT2D eigenvalue weighted by atomic mass is 32.2. The summed E-state index contributed by atoms with van der Waals surface area (Å²) in [5.41, 5.74) is 0. The van der Waals surface area contributed by atoms with Gasteiger partial charge in [0.1, 0.15) is 0 Å². The van der Waals surface area contributed by atoms with Crippen LogP contribution >= 0.6 is 0 Å². The van der Waals surface area contributed by atoms with E-state index in [0.717, 1.165) is 19.3 Å². The number of nitrogens with one attached hydrogen (secondary N) is 1. The van der Waals surface area contributed by atoms with Crippen LogP contribution < -0.4 is 9.83 Å². The Balaban J connectivity index is 3.39. The maximum absolute atomic E-state index is 11.8. The van der Waals surface area contributed by atoms with Crippen LogP contribution in [0.2, 0.25) is 0 Å². The zero-order valence-corrected chi connectivity index (χ0v) is 16.2. The van der Waals surface area contributed by atoms with E-state index in [-0.39, 0.29) is 12.2 Å². The molecule has 5 nitrogen and oxygen atoms in total. The number of carbonyl (C=O) groups excluding carboxylic acids is 1. The first-order valence-corrected chi connectivity index (χ1v) is 11.3. The quantitative estimate of drug-likeness (QED) is 0.380. The third-order valence-electron chi connectivity index (χ3n) is 4.15. The molecule has 0 aliphatic heterocycles. The van der Waals surface area contributed by atoms with Crippen molar-refractivity contribution in [2.75, 3.05) is 12.3 Å². The Bertz CT molecular complexity index is 396. The minimum Gasteiger partial charge on any atom is -0.550 e. The molecular weight excluding hydrogens is 326 g/mol. The third-order valence-corrected chi connectivity index (χ3v) is 5.62. The van der Waals surface area contributed by atoms with Crippen LogP contribution in [0.1, 0.15) is 96.8 Å². The standard InChI is InChI=1S/C18H37NO4S/c1-2-3-4-5-6-7-8-9-10-14-17-24(22,23)19-16-13-11-12-15-18(20)21/h19H,2-17H2,1H3,(H,20,21)/p-1. The van der Waals surface area contributed by atoms with Gasteiger partial charge in [-0.25, -0.2) is 13.1 Å². The first-order valence-electron chi connectivity index (χ1n) is 9.65.